The molecule has 0 bridgehead atoms. The lowest BCUT2D eigenvalue weighted by molar-refractivity contribution is -0.153. The van der Waals surface area contributed by atoms with Gasteiger partial charge in [-0.15, -0.1) is 0 Å². The number of nitrogens with zero attached hydrogens (tertiary/aromatic N) is 5. The van der Waals surface area contributed by atoms with Crippen molar-refractivity contribution < 1.29 is 28.7 Å². The van der Waals surface area contributed by atoms with Crippen LogP contribution in [0.3, 0.4) is 0 Å². The van der Waals surface area contributed by atoms with Crippen LogP contribution in [0.2, 0.25) is 10.0 Å². The predicted molar refractivity (Wildman–Crippen MR) is 213 cm³/mol. The van der Waals surface area contributed by atoms with Crippen LogP contribution in [0.25, 0.3) is 0 Å². The van der Waals surface area contributed by atoms with Gasteiger partial charge in [-0.2, -0.15) is 10.2 Å². The molecule has 2 saturated heterocycles. The molecule has 2 atom stereocenters. The lowest BCUT2D eigenvalue weighted by Gasteiger charge is -2.26. The number of aromatic nitrogens is 4. The number of hydrogen-bond donors (Lipinski definition) is 3. The summed E-state index contributed by atoms with van der Waals surface area (Å²) in [7, 11) is 6.24. The van der Waals surface area contributed by atoms with Crippen LogP contribution >= 0.6 is 45.8 Å². The Kier molecular flexibility index (Phi) is 17.4. The maximum atomic E-state index is 13.0. The van der Waals surface area contributed by atoms with E-state index in [0.29, 0.717) is 54.8 Å². The van der Waals surface area contributed by atoms with Gasteiger partial charge in [0.1, 0.15) is 0 Å². The van der Waals surface area contributed by atoms with E-state index in [4.69, 9.17) is 32.7 Å². The van der Waals surface area contributed by atoms with E-state index in [9.17, 15) is 19.2 Å². The molecule has 0 radical (unpaired) electrons. The third-order valence-electron chi connectivity index (χ3n) is 8.25. The molecule has 3 N–H and O–H groups in total. The largest absolute Gasteiger partial charge is 0.467 e. The quantitative estimate of drug-likeness (QED) is 0.123. The van der Waals surface area contributed by atoms with Crippen molar-refractivity contribution in [1.82, 2.24) is 35.5 Å². The zero-order valence-corrected chi connectivity index (χ0v) is 32.2. The lowest BCUT2D eigenvalue weighted by Crippen LogP contribution is -2.58. The predicted octanol–water partition coefficient (Wildman–Crippen LogP) is 4.67. The van der Waals surface area contributed by atoms with E-state index in [1.807, 2.05) is 43.7 Å². The van der Waals surface area contributed by atoms with Crippen LogP contribution in [0, 0.1) is 3.57 Å². The van der Waals surface area contributed by atoms with Gasteiger partial charge in [0.2, 0.25) is 0 Å². The monoisotopic (exact) mass is 884 g/mol. The molecule has 2 amide bonds. The van der Waals surface area contributed by atoms with Gasteiger partial charge in [-0.1, -0.05) is 62.3 Å². The van der Waals surface area contributed by atoms with Crippen molar-refractivity contribution in [1.29, 1.82) is 0 Å². The molecule has 14 nitrogen and oxygen atoms in total. The van der Waals surface area contributed by atoms with Gasteiger partial charge in [0.05, 0.1) is 35.9 Å². The molecule has 2 aliphatic heterocycles. The molecule has 4 aromatic rings. The number of amides is 2. The molecule has 2 aromatic carbocycles. The molecule has 4 heterocycles. The van der Waals surface area contributed by atoms with Gasteiger partial charge < -0.3 is 19.7 Å². The van der Waals surface area contributed by atoms with Crippen molar-refractivity contribution in [2.24, 2.45) is 14.1 Å². The number of methoxy groups -OCH3 is 2. The molecule has 2 aliphatic rings. The number of anilines is 1. The summed E-state index contributed by atoms with van der Waals surface area (Å²) in [5.41, 5.74) is -0.169. The van der Waals surface area contributed by atoms with Crippen molar-refractivity contribution in [3.05, 3.63) is 98.1 Å². The van der Waals surface area contributed by atoms with E-state index >= 15 is 0 Å². The molecule has 0 aliphatic carbocycles. The number of hydrogen-bond acceptors (Lipinski definition) is 10. The van der Waals surface area contributed by atoms with E-state index in [-0.39, 0.29) is 26.7 Å². The third kappa shape index (κ3) is 11.2. The molecule has 2 unspecified atom stereocenters. The Labute approximate surface area is 334 Å². The molecule has 2 aromatic heterocycles. The van der Waals surface area contributed by atoms with Gasteiger partial charge in [0, 0.05) is 75.6 Å². The molecule has 6 rings (SSSR count). The highest BCUT2D eigenvalue weighted by atomic mass is 127. The Morgan fingerprint density at radius 1 is 0.811 bits per heavy atom. The summed E-state index contributed by atoms with van der Waals surface area (Å²) in [6.45, 7) is 1.60. The van der Waals surface area contributed by atoms with Gasteiger partial charge in [0.15, 0.2) is 11.1 Å². The number of halogens is 3. The Hall–Kier alpha value is -4.03. The lowest BCUT2D eigenvalue weighted by atomic mass is 9.97. The van der Waals surface area contributed by atoms with Crippen LogP contribution in [-0.4, -0.2) is 81.7 Å². The van der Waals surface area contributed by atoms with E-state index in [2.05, 4.69) is 48.7 Å². The molecule has 2 fully saturated rings. The van der Waals surface area contributed by atoms with Crippen molar-refractivity contribution in [3.8, 4) is 0 Å². The zero-order chi connectivity index (χ0) is 37.2. The Morgan fingerprint density at radius 3 is 1.70 bits per heavy atom. The minimum atomic E-state index is -1.40. The highest BCUT2D eigenvalue weighted by Gasteiger charge is 2.54. The van der Waals surface area contributed by atoms with Crippen molar-refractivity contribution in [2.75, 3.05) is 32.2 Å². The summed E-state index contributed by atoms with van der Waals surface area (Å²) in [4.78, 5) is 50.7. The standard InChI is InChI=1S/C17H19ClN4O3.C13H15ClN2O3.C4H5IN2.2CH4/c1-21-11-14(10-20-21)22-8-7-17(15(22)23,16(24)25-2)19-9-12-3-5-13(18)6-4-12;1-19-12(18)13(6-7-15-11(13)17)16-8-9-2-4-10(14)5-3-9;1-7-3-4(5)2-6-7;;/h3-6,10-11,19H,7-9H2,1-2H3;2-5,16H,6-8H2,1H3,(H,15,17);2-3H,1H3;2*1H4. The Balaban J connectivity index is 0.000000307. The molecule has 0 saturated carbocycles. The normalized spacial score (nSPS) is 18.7. The summed E-state index contributed by atoms with van der Waals surface area (Å²) in [5.74, 6) is -1.82. The fourth-order valence-electron chi connectivity index (χ4n) is 5.45. The number of aryl methyl sites for hydroxylation is 2. The van der Waals surface area contributed by atoms with E-state index in [1.165, 1.54) is 17.8 Å². The summed E-state index contributed by atoms with van der Waals surface area (Å²) in [6, 6.07) is 14.4. The summed E-state index contributed by atoms with van der Waals surface area (Å²) < 4.78 is 14.2. The third-order valence-corrected chi connectivity index (χ3v) is 9.31. The highest BCUT2D eigenvalue weighted by molar-refractivity contribution is 14.1. The van der Waals surface area contributed by atoms with E-state index < -0.39 is 23.0 Å². The molecular weight excluding hydrogens is 838 g/mol. The van der Waals surface area contributed by atoms with Crippen molar-refractivity contribution in [2.45, 2.75) is 51.9 Å². The number of carbonyl (C=O) groups excluding carboxylic acids is 4. The molecule has 288 valence electrons. The first kappa shape index (κ1) is 45.1. The van der Waals surface area contributed by atoms with Gasteiger partial charge in [-0.05, 0) is 58.0 Å². The van der Waals surface area contributed by atoms with Gasteiger partial charge in [-0.3, -0.25) is 29.6 Å². The number of nitrogens with one attached hydrogen (secondary N) is 3. The first-order valence-corrected chi connectivity index (χ1v) is 17.6. The summed E-state index contributed by atoms with van der Waals surface area (Å²) >= 11 is 13.9. The zero-order valence-electron chi connectivity index (χ0n) is 28.5. The van der Waals surface area contributed by atoms with Crippen LogP contribution in [0.1, 0.15) is 38.8 Å². The first-order chi connectivity index (χ1) is 24.3. The van der Waals surface area contributed by atoms with Gasteiger partial charge in [0.25, 0.3) is 11.8 Å². The topological polar surface area (TPSA) is 162 Å². The van der Waals surface area contributed by atoms with E-state index in [0.717, 1.165) is 11.1 Å². The Bertz CT molecular complexity index is 1800. The fourth-order valence-corrected chi connectivity index (χ4v) is 6.23. The molecule has 53 heavy (non-hydrogen) atoms. The molecule has 17 heteroatoms. The van der Waals surface area contributed by atoms with Crippen LogP contribution in [0.4, 0.5) is 5.69 Å². The first-order valence-electron chi connectivity index (χ1n) is 15.7. The van der Waals surface area contributed by atoms with E-state index in [1.54, 1.807) is 58.0 Å². The SMILES string of the molecule is C.C.COC(=O)C1(NCc2ccc(Cl)cc2)CCN(c2cnn(C)c2)C1=O.COC(=O)C1(NCc2ccc(Cl)cc2)CCNC1=O.Cn1cc(I)cn1. The second kappa shape index (κ2) is 20.4. The smallest absolute Gasteiger partial charge is 0.336 e. The second-order valence-corrected chi connectivity index (χ2v) is 13.8. The maximum absolute atomic E-state index is 13.0. The molecule has 0 spiro atoms. The van der Waals surface area contributed by atoms with Crippen LogP contribution in [0.15, 0.2) is 73.3 Å². The van der Waals surface area contributed by atoms with Crippen LogP contribution in [0.5, 0.6) is 0 Å². The number of ether oxygens (including phenoxy) is 2. The number of benzene rings is 2. The maximum Gasteiger partial charge on any atom is 0.336 e. The van der Waals surface area contributed by atoms with Gasteiger partial charge >= 0.3 is 11.9 Å². The average molecular weight is 886 g/mol. The fraction of sp³-hybridized carbons (Fsp3) is 0.389. The minimum absolute atomic E-state index is 0. The van der Waals surface area contributed by atoms with Crippen molar-refractivity contribution in [3.63, 3.8) is 0 Å². The van der Waals surface area contributed by atoms with Crippen molar-refractivity contribution >= 4 is 75.2 Å². The second-order valence-electron chi connectivity index (χ2n) is 11.7. The average Bonchev–Trinajstić information content (AvgIpc) is 3.91. The minimum Gasteiger partial charge on any atom is -0.467 e. The van der Waals surface area contributed by atoms with Gasteiger partial charge in [-0.25, -0.2) is 9.59 Å². The number of rotatable bonds is 9. The number of esters is 2. The van der Waals surface area contributed by atoms with Crippen LogP contribution < -0.4 is 20.9 Å². The highest BCUT2D eigenvalue weighted by Crippen LogP contribution is 2.30. The Morgan fingerprint density at radius 2 is 1.30 bits per heavy atom. The number of carbonyl (C=O) groups is 4. The summed E-state index contributed by atoms with van der Waals surface area (Å²) in [5, 5.41) is 18.0. The summed E-state index contributed by atoms with van der Waals surface area (Å²) in [6.07, 6.45) is 7.82. The van der Waals surface area contributed by atoms with Crippen LogP contribution in [-0.2, 0) is 55.8 Å². The molecular formula is C36H47Cl2IN8O6.